The van der Waals surface area contributed by atoms with Crippen LogP contribution in [0, 0.1) is 28.4 Å². The van der Waals surface area contributed by atoms with Crippen LogP contribution in [0.5, 0.6) is 0 Å². The predicted octanol–water partition coefficient (Wildman–Crippen LogP) is 2.12. The molecule has 0 spiro atoms. The van der Waals surface area contributed by atoms with E-state index in [1.165, 1.54) is 46.4 Å². The number of carbonyl (C=O) groups excluding carboxylic acids is 1. The molecule has 170 valence electrons. The minimum Gasteiger partial charge on any atom is -0.383 e. The first kappa shape index (κ1) is 22.5. The molecule has 3 heterocycles. The minimum absolute atomic E-state index is 0.00497. The SMILES string of the molecule is COCCn1c(=NC(=O)c2ccc([N+](=O)[O-])cc2)c(C#N)cc2c(=O)n3cccc(C)c3nc21. The number of nitro groups is 1. The largest absolute Gasteiger partial charge is 0.383 e. The Balaban J connectivity index is 2.03. The van der Waals surface area contributed by atoms with Crippen LogP contribution in [0.2, 0.25) is 0 Å². The van der Waals surface area contributed by atoms with Gasteiger partial charge in [-0.25, -0.2) is 4.98 Å². The van der Waals surface area contributed by atoms with Gasteiger partial charge in [0.2, 0.25) is 0 Å². The number of benzene rings is 1. The summed E-state index contributed by atoms with van der Waals surface area (Å²) in [7, 11) is 1.50. The number of rotatable bonds is 5. The van der Waals surface area contributed by atoms with Crippen molar-refractivity contribution in [1.82, 2.24) is 14.0 Å². The normalized spacial score (nSPS) is 11.6. The van der Waals surface area contributed by atoms with Crippen LogP contribution in [0.15, 0.2) is 58.4 Å². The zero-order valence-corrected chi connectivity index (χ0v) is 18.3. The molecule has 0 fully saturated rings. The molecule has 0 bridgehead atoms. The van der Waals surface area contributed by atoms with E-state index in [2.05, 4.69) is 9.98 Å². The van der Waals surface area contributed by atoms with Crippen LogP contribution in [0.3, 0.4) is 0 Å². The third-order valence-electron chi connectivity index (χ3n) is 5.28. The Labute approximate surface area is 192 Å². The number of carbonyl (C=O) groups is 1. The van der Waals surface area contributed by atoms with Gasteiger partial charge in [-0.1, -0.05) is 6.07 Å². The van der Waals surface area contributed by atoms with E-state index >= 15 is 0 Å². The highest BCUT2D eigenvalue weighted by atomic mass is 16.6. The van der Waals surface area contributed by atoms with Crippen molar-refractivity contribution in [3.05, 3.63) is 91.3 Å². The fourth-order valence-corrected chi connectivity index (χ4v) is 3.57. The van der Waals surface area contributed by atoms with E-state index < -0.39 is 10.8 Å². The molecular weight excluding hydrogens is 440 g/mol. The summed E-state index contributed by atoms with van der Waals surface area (Å²) >= 11 is 0. The van der Waals surface area contributed by atoms with Gasteiger partial charge in [-0.05, 0) is 36.8 Å². The zero-order chi connectivity index (χ0) is 24.4. The maximum absolute atomic E-state index is 13.2. The summed E-state index contributed by atoms with van der Waals surface area (Å²) in [6.45, 7) is 2.20. The molecule has 0 radical (unpaired) electrons. The minimum atomic E-state index is -0.703. The number of fused-ring (bicyclic) bond motifs is 2. The molecule has 4 rings (SSSR count). The summed E-state index contributed by atoms with van der Waals surface area (Å²) in [6.07, 6.45) is 1.60. The number of hydrogen-bond acceptors (Lipinski definition) is 7. The van der Waals surface area contributed by atoms with Crippen LogP contribution < -0.4 is 11.0 Å². The van der Waals surface area contributed by atoms with Crippen molar-refractivity contribution in [2.24, 2.45) is 4.99 Å². The van der Waals surface area contributed by atoms with Crippen LogP contribution in [0.25, 0.3) is 16.7 Å². The first-order chi connectivity index (χ1) is 16.3. The van der Waals surface area contributed by atoms with E-state index in [0.29, 0.717) is 5.65 Å². The Morgan fingerprint density at radius 2 is 2.00 bits per heavy atom. The molecule has 0 unspecified atom stereocenters. The number of ether oxygens (including phenoxy) is 1. The van der Waals surface area contributed by atoms with E-state index in [1.807, 2.05) is 19.1 Å². The van der Waals surface area contributed by atoms with E-state index in [4.69, 9.17) is 4.74 Å². The highest BCUT2D eigenvalue weighted by molar-refractivity contribution is 5.95. The Kier molecular flexibility index (Phi) is 5.99. The number of methoxy groups -OCH3 is 1. The van der Waals surface area contributed by atoms with Crippen molar-refractivity contribution in [3.8, 4) is 6.07 Å². The van der Waals surface area contributed by atoms with Crippen molar-refractivity contribution < 1.29 is 14.5 Å². The molecular formula is C23H18N6O5. The molecule has 3 aromatic heterocycles. The molecule has 0 saturated carbocycles. The van der Waals surface area contributed by atoms with Crippen molar-refractivity contribution in [2.45, 2.75) is 13.5 Å². The number of aromatic nitrogens is 3. The van der Waals surface area contributed by atoms with Crippen molar-refractivity contribution >= 4 is 28.3 Å². The van der Waals surface area contributed by atoms with Gasteiger partial charge in [0.1, 0.15) is 17.4 Å². The molecule has 0 N–H and O–H groups in total. The summed E-state index contributed by atoms with van der Waals surface area (Å²) in [5.41, 5.74) is 1.06. The molecule has 0 atom stereocenters. The predicted molar refractivity (Wildman–Crippen MR) is 121 cm³/mol. The average molecular weight is 458 g/mol. The third kappa shape index (κ3) is 3.94. The monoisotopic (exact) mass is 458 g/mol. The van der Waals surface area contributed by atoms with Crippen LogP contribution >= 0.6 is 0 Å². The summed E-state index contributed by atoms with van der Waals surface area (Å²) in [6, 6.07) is 11.9. The number of nitrogens with zero attached hydrogens (tertiary/aromatic N) is 6. The van der Waals surface area contributed by atoms with Gasteiger partial charge in [0, 0.05) is 37.5 Å². The third-order valence-corrected chi connectivity index (χ3v) is 5.28. The number of nitriles is 1. The molecule has 11 nitrogen and oxygen atoms in total. The Morgan fingerprint density at radius 3 is 2.65 bits per heavy atom. The lowest BCUT2D eigenvalue weighted by molar-refractivity contribution is -0.384. The fraction of sp³-hybridized carbons (Fsp3) is 0.174. The summed E-state index contributed by atoms with van der Waals surface area (Å²) in [4.78, 5) is 45.2. The van der Waals surface area contributed by atoms with Crippen LogP contribution in [0.4, 0.5) is 5.69 Å². The van der Waals surface area contributed by atoms with Gasteiger partial charge in [0.05, 0.1) is 22.5 Å². The molecule has 0 aliphatic heterocycles. The second-order valence-corrected chi connectivity index (χ2v) is 7.40. The van der Waals surface area contributed by atoms with Crippen molar-refractivity contribution in [3.63, 3.8) is 0 Å². The molecule has 1 amide bonds. The van der Waals surface area contributed by atoms with Crippen molar-refractivity contribution in [1.29, 1.82) is 5.26 Å². The summed E-state index contributed by atoms with van der Waals surface area (Å²) in [5.74, 6) is -0.703. The van der Waals surface area contributed by atoms with Gasteiger partial charge in [-0.2, -0.15) is 10.3 Å². The maximum atomic E-state index is 13.2. The standard InChI is InChI=1S/C23H18N6O5/c1-14-4-3-9-28-19(14)25-21-18(23(28)31)12-16(13-24)20(27(21)10-11-34-2)26-22(30)15-5-7-17(8-6-15)29(32)33/h3-9,12H,10-11H2,1-2H3. The van der Waals surface area contributed by atoms with Gasteiger partial charge in [0.25, 0.3) is 17.2 Å². The lowest BCUT2D eigenvalue weighted by Crippen LogP contribution is -2.30. The quantitative estimate of drug-likeness (QED) is 0.253. The smallest absolute Gasteiger partial charge is 0.279 e. The Morgan fingerprint density at radius 1 is 1.26 bits per heavy atom. The first-order valence-electron chi connectivity index (χ1n) is 10.1. The van der Waals surface area contributed by atoms with Gasteiger partial charge in [0.15, 0.2) is 5.49 Å². The van der Waals surface area contributed by atoms with Crippen LogP contribution in [-0.2, 0) is 11.3 Å². The van der Waals surface area contributed by atoms with E-state index in [1.54, 1.807) is 12.3 Å². The van der Waals surface area contributed by atoms with E-state index in [-0.39, 0.29) is 52.0 Å². The molecule has 0 aliphatic carbocycles. The summed E-state index contributed by atoms with van der Waals surface area (Å²) < 4.78 is 8.09. The maximum Gasteiger partial charge on any atom is 0.279 e. The first-order valence-corrected chi connectivity index (χ1v) is 10.1. The molecule has 34 heavy (non-hydrogen) atoms. The number of pyridine rings is 2. The Hall–Kier alpha value is -4.69. The molecule has 4 aromatic rings. The molecule has 11 heteroatoms. The van der Waals surface area contributed by atoms with Gasteiger partial charge < -0.3 is 9.30 Å². The number of nitro benzene ring substituents is 1. The molecule has 0 saturated heterocycles. The second-order valence-electron chi connectivity index (χ2n) is 7.40. The highest BCUT2D eigenvalue weighted by Crippen LogP contribution is 2.14. The topological polar surface area (TPSA) is 145 Å². The van der Waals surface area contributed by atoms with E-state index in [0.717, 1.165) is 5.56 Å². The summed E-state index contributed by atoms with van der Waals surface area (Å²) in [5, 5.41) is 20.9. The van der Waals surface area contributed by atoms with Crippen molar-refractivity contribution in [2.75, 3.05) is 13.7 Å². The number of hydrogen-bond donors (Lipinski definition) is 0. The van der Waals surface area contributed by atoms with Gasteiger partial charge >= 0.3 is 0 Å². The number of amides is 1. The Bertz CT molecular complexity index is 1630. The van der Waals surface area contributed by atoms with Gasteiger partial charge in [-0.3, -0.25) is 24.1 Å². The molecule has 0 aliphatic rings. The van der Waals surface area contributed by atoms with Crippen LogP contribution in [0.1, 0.15) is 21.5 Å². The fourth-order valence-electron chi connectivity index (χ4n) is 3.57. The van der Waals surface area contributed by atoms with E-state index in [9.17, 15) is 25.0 Å². The number of aryl methyl sites for hydroxylation is 1. The lowest BCUT2D eigenvalue weighted by atomic mass is 10.2. The highest BCUT2D eigenvalue weighted by Gasteiger charge is 2.16. The zero-order valence-electron chi connectivity index (χ0n) is 18.3. The van der Waals surface area contributed by atoms with Gasteiger partial charge in [-0.15, -0.1) is 0 Å². The lowest BCUT2D eigenvalue weighted by Gasteiger charge is -2.13. The molecule has 1 aromatic carbocycles. The average Bonchev–Trinajstić information content (AvgIpc) is 2.84. The second kappa shape index (κ2) is 9.05. The van der Waals surface area contributed by atoms with Crippen LogP contribution in [-0.4, -0.2) is 38.5 Å². The number of non-ortho nitro benzene ring substituents is 1.